The molecule has 7 nitrogen and oxygen atoms in total. The van der Waals surface area contributed by atoms with E-state index >= 15 is 0 Å². The van der Waals surface area contributed by atoms with E-state index < -0.39 is 4.92 Å². The molecule has 0 aliphatic rings. The second-order valence-electron chi connectivity index (χ2n) is 4.08. The number of aromatic nitrogens is 3. The molecule has 0 unspecified atom stereocenters. The molecule has 2 aromatic heterocycles. The molecule has 1 N–H and O–H groups in total. The van der Waals surface area contributed by atoms with E-state index in [1.54, 1.807) is 31.6 Å². The fourth-order valence-electron chi connectivity index (χ4n) is 1.70. The first kappa shape index (κ1) is 12.9. The standard InChI is InChI=1S/C12H13N5O2/c1-8-3-4-15-12(11(8)17(18)19)16-9(2)10-7-13-5-6-14-10/h3-7,9H,1-2H3,(H,15,16)/t9-/m1/s1. The van der Waals surface area contributed by atoms with Crippen LogP contribution in [0.1, 0.15) is 24.2 Å². The van der Waals surface area contributed by atoms with Crippen LogP contribution in [0.5, 0.6) is 0 Å². The molecule has 0 aliphatic carbocycles. The van der Waals surface area contributed by atoms with Crippen LogP contribution in [0.3, 0.4) is 0 Å². The molecule has 0 saturated heterocycles. The second kappa shape index (κ2) is 5.38. The quantitative estimate of drug-likeness (QED) is 0.668. The van der Waals surface area contributed by atoms with Crippen molar-refractivity contribution in [2.24, 2.45) is 0 Å². The Morgan fingerprint density at radius 1 is 1.32 bits per heavy atom. The van der Waals surface area contributed by atoms with Gasteiger partial charge in [0, 0.05) is 24.2 Å². The van der Waals surface area contributed by atoms with Gasteiger partial charge in [0.25, 0.3) is 0 Å². The Hall–Kier alpha value is -2.57. The number of rotatable bonds is 4. The topological polar surface area (TPSA) is 93.8 Å². The van der Waals surface area contributed by atoms with Crippen LogP contribution in [-0.4, -0.2) is 19.9 Å². The van der Waals surface area contributed by atoms with Crippen molar-refractivity contribution in [3.8, 4) is 0 Å². The molecule has 0 aromatic carbocycles. The van der Waals surface area contributed by atoms with Crippen molar-refractivity contribution >= 4 is 11.5 Å². The van der Waals surface area contributed by atoms with Crippen LogP contribution in [0.4, 0.5) is 11.5 Å². The Morgan fingerprint density at radius 3 is 2.74 bits per heavy atom. The highest BCUT2D eigenvalue weighted by atomic mass is 16.6. The van der Waals surface area contributed by atoms with Gasteiger partial charge in [-0.05, 0) is 19.9 Å². The Balaban J connectivity index is 2.29. The molecule has 0 radical (unpaired) electrons. The molecule has 2 aromatic rings. The number of pyridine rings is 1. The number of nitro groups is 1. The zero-order chi connectivity index (χ0) is 13.8. The molecule has 0 bridgehead atoms. The molecule has 1 atom stereocenters. The predicted octanol–water partition coefficient (Wildman–Crippen LogP) is 2.26. The average molecular weight is 259 g/mol. The third-order valence-corrected chi connectivity index (χ3v) is 2.69. The number of aryl methyl sites for hydroxylation is 1. The Morgan fingerprint density at radius 2 is 2.11 bits per heavy atom. The number of hydrogen-bond acceptors (Lipinski definition) is 6. The third-order valence-electron chi connectivity index (χ3n) is 2.69. The lowest BCUT2D eigenvalue weighted by Gasteiger charge is -2.13. The molecule has 0 saturated carbocycles. The van der Waals surface area contributed by atoms with Crippen LogP contribution in [0.2, 0.25) is 0 Å². The van der Waals surface area contributed by atoms with E-state index in [4.69, 9.17) is 0 Å². The summed E-state index contributed by atoms with van der Waals surface area (Å²) in [5.41, 5.74) is 1.24. The highest BCUT2D eigenvalue weighted by molar-refractivity contribution is 5.60. The minimum Gasteiger partial charge on any atom is -0.356 e. The van der Waals surface area contributed by atoms with Gasteiger partial charge in [0.05, 0.1) is 22.9 Å². The molecule has 0 fully saturated rings. The monoisotopic (exact) mass is 259 g/mol. The summed E-state index contributed by atoms with van der Waals surface area (Å²) in [4.78, 5) is 22.8. The number of nitrogens with one attached hydrogen (secondary N) is 1. The van der Waals surface area contributed by atoms with Gasteiger partial charge in [0.2, 0.25) is 5.82 Å². The Kier molecular flexibility index (Phi) is 3.65. The molecule has 0 amide bonds. The summed E-state index contributed by atoms with van der Waals surface area (Å²) in [6, 6.07) is 1.39. The van der Waals surface area contributed by atoms with Gasteiger partial charge in [-0.2, -0.15) is 0 Å². The summed E-state index contributed by atoms with van der Waals surface area (Å²) in [6.07, 6.45) is 6.29. The summed E-state index contributed by atoms with van der Waals surface area (Å²) < 4.78 is 0. The minimum absolute atomic E-state index is 0.0155. The SMILES string of the molecule is Cc1ccnc(N[C@H](C)c2cnccn2)c1[N+](=O)[O-]. The molecule has 2 heterocycles. The van der Waals surface area contributed by atoms with E-state index in [0.717, 1.165) is 0 Å². The largest absolute Gasteiger partial charge is 0.356 e. The van der Waals surface area contributed by atoms with E-state index in [0.29, 0.717) is 11.3 Å². The van der Waals surface area contributed by atoms with Crippen LogP contribution in [0.25, 0.3) is 0 Å². The van der Waals surface area contributed by atoms with Gasteiger partial charge in [-0.3, -0.25) is 20.1 Å². The highest BCUT2D eigenvalue weighted by Gasteiger charge is 2.20. The van der Waals surface area contributed by atoms with E-state index in [1.165, 1.54) is 6.20 Å². The number of anilines is 1. The van der Waals surface area contributed by atoms with Crippen molar-refractivity contribution in [1.82, 2.24) is 15.0 Å². The lowest BCUT2D eigenvalue weighted by atomic mass is 10.2. The zero-order valence-electron chi connectivity index (χ0n) is 10.6. The van der Waals surface area contributed by atoms with Crippen LogP contribution >= 0.6 is 0 Å². The zero-order valence-corrected chi connectivity index (χ0v) is 10.6. The van der Waals surface area contributed by atoms with Gasteiger partial charge in [0.15, 0.2) is 0 Å². The summed E-state index contributed by atoms with van der Waals surface area (Å²) in [5.74, 6) is 0.239. The smallest absolute Gasteiger partial charge is 0.314 e. The summed E-state index contributed by atoms with van der Waals surface area (Å²) >= 11 is 0. The summed E-state index contributed by atoms with van der Waals surface area (Å²) in [7, 11) is 0. The van der Waals surface area contributed by atoms with Gasteiger partial charge in [-0.1, -0.05) is 0 Å². The van der Waals surface area contributed by atoms with Gasteiger partial charge in [-0.25, -0.2) is 4.98 Å². The molecule has 0 aliphatic heterocycles. The molecule has 19 heavy (non-hydrogen) atoms. The number of hydrogen-bond donors (Lipinski definition) is 1. The highest BCUT2D eigenvalue weighted by Crippen LogP contribution is 2.28. The van der Waals surface area contributed by atoms with Crippen LogP contribution in [-0.2, 0) is 0 Å². The number of nitrogens with zero attached hydrogens (tertiary/aromatic N) is 4. The van der Waals surface area contributed by atoms with E-state index in [-0.39, 0.29) is 17.5 Å². The molecule has 2 rings (SSSR count). The lowest BCUT2D eigenvalue weighted by Crippen LogP contribution is -2.11. The molecular formula is C12H13N5O2. The van der Waals surface area contributed by atoms with Crippen molar-refractivity contribution < 1.29 is 4.92 Å². The van der Waals surface area contributed by atoms with Crippen molar-refractivity contribution in [3.63, 3.8) is 0 Å². The van der Waals surface area contributed by atoms with Crippen molar-refractivity contribution in [2.75, 3.05) is 5.32 Å². The molecule has 98 valence electrons. The first-order valence-corrected chi connectivity index (χ1v) is 5.72. The normalized spacial score (nSPS) is 11.9. The van der Waals surface area contributed by atoms with Gasteiger partial charge in [-0.15, -0.1) is 0 Å². The van der Waals surface area contributed by atoms with E-state index in [9.17, 15) is 10.1 Å². The average Bonchev–Trinajstić information content (AvgIpc) is 2.39. The molecule has 7 heteroatoms. The predicted molar refractivity (Wildman–Crippen MR) is 69.7 cm³/mol. The fraction of sp³-hybridized carbons (Fsp3) is 0.250. The third kappa shape index (κ3) is 2.82. The molecular weight excluding hydrogens is 246 g/mol. The van der Waals surface area contributed by atoms with Gasteiger partial charge in [0.1, 0.15) is 0 Å². The maximum atomic E-state index is 11.1. The second-order valence-corrected chi connectivity index (χ2v) is 4.08. The Bertz CT molecular complexity index is 588. The van der Waals surface area contributed by atoms with Crippen LogP contribution in [0, 0.1) is 17.0 Å². The first-order valence-electron chi connectivity index (χ1n) is 5.72. The van der Waals surface area contributed by atoms with E-state index in [1.807, 2.05) is 6.92 Å². The fourth-order valence-corrected chi connectivity index (χ4v) is 1.70. The van der Waals surface area contributed by atoms with Crippen molar-refractivity contribution in [3.05, 3.63) is 52.2 Å². The van der Waals surface area contributed by atoms with Gasteiger partial charge < -0.3 is 5.32 Å². The lowest BCUT2D eigenvalue weighted by molar-refractivity contribution is -0.384. The maximum Gasteiger partial charge on any atom is 0.314 e. The molecule has 0 spiro atoms. The van der Waals surface area contributed by atoms with Crippen LogP contribution in [0.15, 0.2) is 30.9 Å². The first-order chi connectivity index (χ1) is 9.09. The van der Waals surface area contributed by atoms with E-state index in [2.05, 4.69) is 20.3 Å². The summed E-state index contributed by atoms with van der Waals surface area (Å²) in [6.45, 7) is 3.52. The maximum absolute atomic E-state index is 11.1. The van der Waals surface area contributed by atoms with Crippen LogP contribution < -0.4 is 5.32 Å². The summed E-state index contributed by atoms with van der Waals surface area (Å²) in [5, 5.41) is 14.1. The minimum atomic E-state index is -0.436. The van der Waals surface area contributed by atoms with Crippen molar-refractivity contribution in [1.29, 1.82) is 0 Å². The van der Waals surface area contributed by atoms with Crippen molar-refractivity contribution in [2.45, 2.75) is 19.9 Å². The Labute approximate surface area is 109 Å². The van der Waals surface area contributed by atoms with Gasteiger partial charge >= 0.3 is 5.69 Å².